The first-order valence-electron chi connectivity index (χ1n) is 4.34. The Morgan fingerprint density at radius 1 is 1.15 bits per heavy atom. The second kappa shape index (κ2) is 7.20. The van der Waals surface area contributed by atoms with Crippen molar-refractivity contribution in [3.05, 3.63) is 0 Å². The number of aliphatic imine (C=N–C) groups is 1. The molecular formula is C8H19NO3Si. The summed E-state index contributed by atoms with van der Waals surface area (Å²) in [5, 5.41) is 0. The molecule has 0 saturated heterocycles. The molecule has 0 aliphatic heterocycles. The van der Waals surface area contributed by atoms with Gasteiger partial charge >= 0.3 is 8.80 Å². The molecule has 0 aliphatic rings. The lowest BCUT2D eigenvalue weighted by Crippen LogP contribution is -2.42. The van der Waals surface area contributed by atoms with E-state index in [2.05, 4.69) is 4.99 Å². The van der Waals surface area contributed by atoms with Crippen LogP contribution < -0.4 is 0 Å². The van der Waals surface area contributed by atoms with Crippen LogP contribution in [0.2, 0.25) is 6.04 Å². The molecule has 0 rings (SSSR count). The van der Waals surface area contributed by atoms with E-state index in [1.807, 2.05) is 6.92 Å². The lowest BCUT2D eigenvalue weighted by Gasteiger charge is -2.23. The van der Waals surface area contributed by atoms with E-state index in [1.165, 1.54) is 0 Å². The molecule has 0 N–H and O–H groups in total. The van der Waals surface area contributed by atoms with Gasteiger partial charge in [0.25, 0.3) is 0 Å². The minimum absolute atomic E-state index is 0.807. The largest absolute Gasteiger partial charge is 0.500 e. The van der Waals surface area contributed by atoms with Crippen molar-refractivity contribution in [3.63, 3.8) is 0 Å². The molecule has 0 spiro atoms. The van der Waals surface area contributed by atoms with Gasteiger partial charge in [0.15, 0.2) is 0 Å². The zero-order chi connectivity index (χ0) is 10.2. The van der Waals surface area contributed by atoms with E-state index in [-0.39, 0.29) is 0 Å². The van der Waals surface area contributed by atoms with Crippen LogP contribution in [0, 0.1) is 0 Å². The Hall–Kier alpha value is -0.233. The van der Waals surface area contributed by atoms with Gasteiger partial charge < -0.3 is 13.3 Å². The Balaban J connectivity index is 3.81. The van der Waals surface area contributed by atoms with Gasteiger partial charge in [-0.25, -0.2) is 0 Å². The van der Waals surface area contributed by atoms with Crippen molar-refractivity contribution in [2.45, 2.75) is 19.4 Å². The van der Waals surface area contributed by atoms with E-state index in [0.29, 0.717) is 0 Å². The minimum atomic E-state index is -2.34. The lowest BCUT2D eigenvalue weighted by molar-refractivity contribution is 0.123. The molecule has 0 bridgehead atoms. The summed E-state index contributed by atoms with van der Waals surface area (Å²) in [4.78, 5) is 4.11. The van der Waals surface area contributed by atoms with Crippen LogP contribution in [-0.4, -0.2) is 42.9 Å². The summed E-state index contributed by atoms with van der Waals surface area (Å²) in [5.74, 6) is 0. The third-order valence-electron chi connectivity index (χ3n) is 1.89. The molecule has 13 heavy (non-hydrogen) atoms. The maximum atomic E-state index is 5.26. The quantitative estimate of drug-likeness (QED) is 0.358. The van der Waals surface area contributed by atoms with Crippen molar-refractivity contribution in [1.29, 1.82) is 0 Å². The molecule has 0 heterocycles. The predicted molar refractivity (Wildman–Crippen MR) is 55.2 cm³/mol. The summed E-state index contributed by atoms with van der Waals surface area (Å²) in [5.41, 5.74) is 0. The summed E-state index contributed by atoms with van der Waals surface area (Å²) in [6.07, 6.45) is 2.74. The van der Waals surface area contributed by atoms with Crippen molar-refractivity contribution < 1.29 is 13.3 Å². The number of nitrogens with zero attached hydrogens (tertiary/aromatic N) is 1. The average molecular weight is 205 g/mol. The van der Waals surface area contributed by atoms with Gasteiger partial charge in [-0.3, -0.25) is 4.99 Å². The maximum Gasteiger partial charge on any atom is 0.500 e. The summed E-state index contributed by atoms with van der Waals surface area (Å²) < 4.78 is 15.8. The average Bonchev–Trinajstić information content (AvgIpc) is 2.20. The van der Waals surface area contributed by atoms with E-state index >= 15 is 0 Å². The molecule has 0 aromatic carbocycles. The molecule has 0 unspecified atom stereocenters. The van der Waals surface area contributed by atoms with Gasteiger partial charge in [-0.2, -0.15) is 0 Å². The maximum absolute atomic E-state index is 5.26. The van der Waals surface area contributed by atoms with Crippen molar-refractivity contribution in [2.24, 2.45) is 4.99 Å². The first-order valence-corrected chi connectivity index (χ1v) is 6.27. The van der Waals surface area contributed by atoms with Crippen molar-refractivity contribution in [1.82, 2.24) is 0 Å². The molecule has 0 aliphatic carbocycles. The molecule has 0 amide bonds. The number of hydrogen-bond acceptors (Lipinski definition) is 4. The van der Waals surface area contributed by atoms with Crippen LogP contribution in [0.3, 0.4) is 0 Å². The van der Waals surface area contributed by atoms with Gasteiger partial charge in [0.1, 0.15) is 0 Å². The fourth-order valence-corrected chi connectivity index (χ4v) is 2.78. The molecule has 0 radical (unpaired) electrons. The van der Waals surface area contributed by atoms with Gasteiger partial charge in [0.2, 0.25) is 0 Å². The van der Waals surface area contributed by atoms with Gasteiger partial charge in [-0.15, -0.1) is 0 Å². The molecule has 0 saturated carbocycles. The Labute approximate surface area is 81.3 Å². The minimum Gasteiger partial charge on any atom is -0.377 e. The Kier molecular flexibility index (Phi) is 7.07. The van der Waals surface area contributed by atoms with Gasteiger partial charge in [-0.05, 0) is 19.6 Å². The van der Waals surface area contributed by atoms with Crippen LogP contribution in [0.15, 0.2) is 4.99 Å². The van der Waals surface area contributed by atoms with E-state index < -0.39 is 8.80 Å². The zero-order valence-electron chi connectivity index (χ0n) is 8.87. The normalized spacial score (nSPS) is 12.6. The first kappa shape index (κ1) is 12.8. The number of rotatable bonds is 7. The van der Waals surface area contributed by atoms with E-state index in [0.717, 1.165) is 19.0 Å². The van der Waals surface area contributed by atoms with Crippen molar-refractivity contribution in [3.8, 4) is 0 Å². The monoisotopic (exact) mass is 205 g/mol. The number of hydrogen-bond donors (Lipinski definition) is 0. The SMILES string of the molecule is C/C=N\CCC[Si](OC)(OC)OC. The Bertz CT molecular complexity index is 140. The highest BCUT2D eigenvalue weighted by molar-refractivity contribution is 6.60. The molecule has 5 heteroatoms. The lowest BCUT2D eigenvalue weighted by atomic mass is 10.5. The van der Waals surface area contributed by atoms with Gasteiger partial charge in [0.05, 0.1) is 0 Å². The van der Waals surface area contributed by atoms with Gasteiger partial charge in [-0.1, -0.05) is 0 Å². The summed E-state index contributed by atoms with van der Waals surface area (Å²) in [7, 11) is 2.54. The first-order chi connectivity index (χ1) is 6.24. The molecular weight excluding hydrogens is 186 g/mol. The second-order valence-corrected chi connectivity index (χ2v) is 5.65. The highest BCUT2D eigenvalue weighted by Gasteiger charge is 2.36. The van der Waals surface area contributed by atoms with Crippen LogP contribution in [0.5, 0.6) is 0 Å². The highest BCUT2D eigenvalue weighted by Crippen LogP contribution is 2.14. The van der Waals surface area contributed by atoms with Crippen molar-refractivity contribution >= 4 is 15.0 Å². The molecule has 0 fully saturated rings. The van der Waals surface area contributed by atoms with Crippen LogP contribution in [0.25, 0.3) is 0 Å². The van der Waals surface area contributed by atoms with E-state index in [1.54, 1.807) is 27.5 Å². The topological polar surface area (TPSA) is 40.0 Å². The van der Waals surface area contributed by atoms with Crippen LogP contribution in [0.4, 0.5) is 0 Å². The summed E-state index contributed by atoms with van der Waals surface area (Å²) in [6.45, 7) is 2.72. The fourth-order valence-electron chi connectivity index (χ4n) is 1.07. The van der Waals surface area contributed by atoms with Crippen LogP contribution in [0.1, 0.15) is 13.3 Å². The van der Waals surface area contributed by atoms with Gasteiger partial charge in [0, 0.05) is 33.9 Å². The standard InChI is InChI=1S/C8H19NO3Si/c1-5-9-7-6-8-13(10-2,11-3)12-4/h5H,6-8H2,1-4H3/b9-5-. The third-order valence-corrected chi connectivity index (χ3v) is 4.72. The molecule has 0 aromatic heterocycles. The summed E-state index contributed by atoms with van der Waals surface area (Å²) >= 11 is 0. The highest BCUT2D eigenvalue weighted by atomic mass is 28.4. The predicted octanol–water partition coefficient (Wildman–Crippen LogP) is 1.35. The Morgan fingerprint density at radius 3 is 2.08 bits per heavy atom. The van der Waals surface area contributed by atoms with E-state index in [4.69, 9.17) is 13.3 Å². The second-order valence-electron chi connectivity index (χ2n) is 2.56. The smallest absolute Gasteiger partial charge is 0.377 e. The Morgan fingerprint density at radius 2 is 1.69 bits per heavy atom. The molecule has 0 atom stereocenters. The molecule has 4 nitrogen and oxygen atoms in total. The zero-order valence-corrected chi connectivity index (χ0v) is 9.87. The van der Waals surface area contributed by atoms with Crippen LogP contribution >= 0.6 is 0 Å². The van der Waals surface area contributed by atoms with E-state index in [9.17, 15) is 0 Å². The van der Waals surface area contributed by atoms with Crippen molar-refractivity contribution in [2.75, 3.05) is 27.9 Å². The summed E-state index contributed by atoms with van der Waals surface area (Å²) in [6, 6.07) is 0.813. The fraction of sp³-hybridized carbons (Fsp3) is 0.875. The third kappa shape index (κ3) is 4.52. The molecule has 78 valence electrons. The van der Waals surface area contributed by atoms with Crippen LogP contribution in [-0.2, 0) is 13.3 Å². The molecule has 0 aromatic rings.